The Morgan fingerprint density at radius 1 is 1.29 bits per heavy atom. The minimum atomic E-state index is -0.536. The summed E-state index contributed by atoms with van der Waals surface area (Å²) in [6.45, 7) is 0. The van der Waals surface area contributed by atoms with Gasteiger partial charge in [0.15, 0.2) is 0 Å². The lowest BCUT2D eigenvalue weighted by Gasteiger charge is -1.96. The molecule has 0 aliphatic rings. The average Bonchev–Trinajstić information content (AvgIpc) is 2.17. The summed E-state index contributed by atoms with van der Waals surface area (Å²) < 4.78 is 0. The highest BCUT2D eigenvalue weighted by atomic mass is 16.6. The molecule has 0 N–H and O–H groups in total. The van der Waals surface area contributed by atoms with Gasteiger partial charge in [-0.3, -0.25) is 15.2 Å². The minimum absolute atomic E-state index is 0.0874. The first-order valence-electron chi connectivity index (χ1n) is 3.74. The largest absolute Gasteiger partial charge is 0.280 e. The number of aromatic nitrogens is 2. The second kappa shape index (κ2) is 2.91. The van der Waals surface area contributed by atoms with Crippen LogP contribution in [0.5, 0.6) is 5.88 Å². The van der Waals surface area contributed by atoms with Crippen LogP contribution in [0.3, 0.4) is 0 Å². The topological polar surface area (TPSA) is 88.8 Å². The maximum absolute atomic E-state index is 11.1. The Labute approximate surface area is 78.0 Å². The fraction of sp³-hybridized carbons (Fsp3) is 0. The normalized spacial score (nSPS) is 10.3. The Bertz CT molecular complexity index is 512. The van der Waals surface area contributed by atoms with E-state index in [2.05, 4.69) is 9.97 Å². The summed E-state index contributed by atoms with van der Waals surface area (Å²) in [7, 11) is 0. The molecular weight excluding hydrogens is 186 g/mol. The fourth-order valence-electron chi connectivity index (χ4n) is 1.13. The van der Waals surface area contributed by atoms with Crippen molar-refractivity contribution in [1.82, 2.24) is 9.97 Å². The molecule has 0 saturated carbocycles. The molecule has 0 unspecified atom stereocenters. The van der Waals surface area contributed by atoms with Gasteiger partial charge in [0.1, 0.15) is 6.33 Å². The van der Waals surface area contributed by atoms with Crippen LogP contribution in [-0.4, -0.2) is 14.9 Å². The van der Waals surface area contributed by atoms with Crippen LogP contribution in [0.25, 0.3) is 10.9 Å². The van der Waals surface area contributed by atoms with E-state index in [1.54, 1.807) is 0 Å². The highest BCUT2D eigenvalue weighted by Crippen LogP contribution is 2.24. The van der Waals surface area contributed by atoms with Crippen LogP contribution in [0.1, 0.15) is 0 Å². The molecule has 0 atom stereocenters. The number of hydrogen-bond acceptors (Lipinski definition) is 4. The van der Waals surface area contributed by atoms with Crippen LogP contribution in [0, 0.1) is 10.1 Å². The number of hydrogen-bond donors (Lipinski definition) is 0. The van der Waals surface area contributed by atoms with Crippen LogP contribution in [0.15, 0.2) is 24.5 Å². The second-order valence-corrected chi connectivity index (χ2v) is 2.64. The minimum Gasteiger partial charge on any atom is -0.267 e. The highest BCUT2D eigenvalue weighted by molar-refractivity contribution is 5.84. The Hall–Kier alpha value is -2.24. The summed E-state index contributed by atoms with van der Waals surface area (Å²) in [6, 6.07) is 3.86. The van der Waals surface area contributed by atoms with E-state index in [4.69, 9.17) is 0 Å². The molecule has 2 aromatic rings. The Morgan fingerprint density at radius 2 is 2.07 bits per heavy atom. The lowest BCUT2D eigenvalue weighted by atomic mass is 10.2. The number of nitrogens with zero attached hydrogens (tertiary/aromatic N) is 3. The summed E-state index contributed by atoms with van der Waals surface area (Å²) in [4.78, 5) is 17.1. The number of nitro groups is 1. The van der Waals surface area contributed by atoms with Crippen LogP contribution in [0.2, 0.25) is 0 Å². The molecule has 14 heavy (non-hydrogen) atoms. The molecule has 1 aromatic heterocycles. The standard InChI is InChI=1S/C8H4N3O3/c12-8-6-2-1-5(11(13)14)3-7(6)9-4-10-8/h1-4H. The van der Waals surface area contributed by atoms with Gasteiger partial charge in [-0.05, 0) is 6.07 Å². The smallest absolute Gasteiger partial charge is 0.267 e. The molecule has 69 valence electrons. The quantitative estimate of drug-likeness (QED) is 0.505. The maximum Gasteiger partial charge on any atom is 0.280 e. The molecule has 6 heteroatoms. The van der Waals surface area contributed by atoms with Crippen molar-refractivity contribution in [2.24, 2.45) is 0 Å². The van der Waals surface area contributed by atoms with E-state index >= 15 is 0 Å². The highest BCUT2D eigenvalue weighted by Gasteiger charge is 2.09. The zero-order chi connectivity index (χ0) is 10.1. The third-order valence-electron chi connectivity index (χ3n) is 1.79. The van der Waals surface area contributed by atoms with Crippen LogP contribution < -0.4 is 0 Å². The van der Waals surface area contributed by atoms with Crippen LogP contribution in [0.4, 0.5) is 5.69 Å². The van der Waals surface area contributed by atoms with Crippen molar-refractivity contribution in [1.29, 1.82) is 0 Å². The number of fused-ring (bicyclic) bond motifs is 1. The summed E-state index contributed by atoms with van der Waals surface area (Å²) in [5.41, 5.74) is 0.204. The molecular formula is C8H4N3O3. The van der Waals surface area contributed by atoms with Gasteiger partial charge in [0, 0.05) is 12.1 Å². The van der Waals surface area contributed by atoms with Crippen molar-refractivity contribution in [2.75, 3.05) is 0 Å². The number of rotatable bonds is 1. The lowest BCUT2D eigenvalue weighted by molar-refractivity contribution is -0.384. The zero-order valence-corrected chi connectivity index (χ0v) is 6.88. The molecule has 2 rings (SSSR count). The van der Waals surface area contributed by atoms with Gasteiger partial charge in [0.2, 0.25) is 0 Å². The molecule has 1 radical (unpaired) electrons. The van der Waals surface area contributed by atoms with Crippen molar-refractivity contribution >= 4 is 16.6 Å². The van der Waals surface area contributed by atoms with Crippen molar-refractivity contribution < 1.29 is 10.0 Å². The first-order valence-corrected chi connectivity index (χ1v) is 3.74. The molecule has 0 amide bonds. The second-order valence-electron chi connectivity index (χ2n) is 2.64. The predicted molar refractivity (Wildman–Crippen MR) is 46.3 cm³/mol. The fourth-order valence-corrected chi connectivity index (χ4v) is 1.13. The van der Waals surface area contributed by atoms with Gasteiger partial charge in [-0.1, -0.05) is 0 Å². The molecule has 0 spiro atoms. The van der Waals surface area contributed by atoms with Crippen molar-refractivity contribution in [3.05, 3.63) is 34.6 Å². The van der Waals surface area contributed by atoms with E-state index in [1.807, 2.05) is 0 Å². The molecule has 6 nitrogen and oxygen atoms in total. The van der Waals surface area contributed by atoms with Gasteiger partial charge in [-0.2, -0.15) is 4.98 Å². The van der Waals surface area contributed by atoms with Crippen molar-refractivity contribution in [3.63, 3.8) is 0 Å². The van der Waals surface area contributed by atoms with Gasteiger partial charge in [0.05, 0.1) is 15.8 Å². The Kier molecular flexibility index (Phi) is 1.74. The SMILES string of the molecule is [O]c1ncnc2cc([N+](=O)[O-])ccc12. The van der Waals surface area contributed by atoms with E-state index in [-0.39, 0.29) is 11.1 Å². The average molecular weight is 190 g/mol. The van der Waals surface area contributed by atoms with Crippen LogP contribution in [-0.2, 0) is 5.11 Å². The number of nitro benzene ring substituents is 1. The van der Waals surface area contributed by atoms with Gasteiger partial charge >= 0.3 is 0 Å². The van der Waals surface area contributed by atoms with Gasteiger partial charge in [-0.25, -0.2) is 4.98 Å². The predicted octanol–water partition coefficient (Wildman–Crippen LogP) is 1.68. The summed E-state index contributed by atoms with van der Waals surface area (Å²) in [5.74, 6) is -0.426. The molecule has 0 aliphatic carbocycles. The summed E-state index contributed by atoms with van der Waals surface area (Å²) >= 11 is 0. The molecule has 0 aliphatic heterocycles. The first-order chi connectivity index (χ1) is 6.68. The molecule has 1 heterocycles. The Morgan fingerprint density at radius 3 is 2.79 bits per heavy atom. The molecule has 0 saturated heterocycles. The van der Waals surface area contributed by atoms with E-state index < -0.39 is 10.8 Å². The van der Waals surface area contributed by atoms with Crippen LogP contribution >= 0.6 is 0 Å². The van der Waals surface area contributed by atoms with E-state index in [0.717, 1.165) is 6.33 Å². The zero-order valence-electron chi connectivity index (χ0n) is 6.88. The molecule has 0 bridgehead atoms. The van der Waals surface area contributed by atoms with E-state index in [9.17, 15) is 15.2 Å². The van der Waals surface area contributed by atoms with E-state index in [0.29, 0.717) is 5.52 Å². The maximum atomic E-state index is 11.1. The monoisotopic (exact) mass is 190 g/mol. The lowest BCUT2D eigenvalue weighted by Crippen LogP contribution is -1.89. The molecule has 1 aromatic carbocycles. The third-order valence-corrected chi connectivity index (χ3v) is 1.79. The molecule has 0 fully saturated rings. The number of benzene rings is 1. The van der Waals surface area contributed by atoms with Gasteiger partial charge in [-0.15, -0.1) is 0 Å². The first kappa shape index (κ1) is 8.36. The van der Waals surface area contributed by atoms with Gasteiger partial charge in [0.25, 0.3) is 11.6 Å². The summed E-state index contributed by atoms with van der Waals surface area (Å²) in [5, 5.41) is 21.8. The number of non-ortho nitro benzene ring substituents is 1. The third kappa shape index (κ3) is 1.22. The van der Waals surface area contributed by atoms with Gasteiger partial charge < -0.3 is 0 Å². The van der Waals surface area contributed by atoms with Crippen molar-refractivity contribution in [2.45, 2.75) is 0 Å². The van der Waals surface area contributed by atoms with E-state index in [1.165, 1.54) is 18.2 Å². The van der Waals surface area contributed by atoms with Crippen molar-refractivity contribution in [3.8, 4) is 5.88 Å². The Balaban J connectivity index is 2.73. The summed E-state index contributed by atoms with van der Waals surface area (Å²) in [6.07, 6.45) is 1.09.